The lowest BCUT2D eigenvalue weighted by atomic mass is 10.0. The highest BCUT2D eigenvalue weighted by Crippen LogP contribution is 2.60. The van der Waals surface area contributed by atoms with Gasteiger partial charge in [-0.15, -0.1) is 0 Å². The number of rotatable bonds is 5. The first-order valence-electron chi connectivity index (χ1n) is 7.23. The Morgan fingerprint density at radius 3 is 2.52 bits per heavy atom. The molecule has 1 aromatic rings. The predicted octanol–water partition coefficient (Wildman–Crippen LogP) is 1.56. The highest BCUT2D eigenvalue weighted by molar-refractivity contribution is 7.89. The van der Waals surface area contributed by atoms with E-state index in [1.807, 2.05) is 0 Å². The van der Waals surface area contributed by atoms with Gasteiger partial charge in [0, 0.05) is 12.1 Å². The van der Waals surface area contributed by atoms with Crippen LogP contribution in [0.15, 0.2) is 23.1 Å². The van der Waals surface area contributed by atoms with Crippen molar-refractivity contribution in [2.24, 2.45) is 16.5 Å². The zero-order chi connectivity index (χ0) is 15.3. The van der Waals surface area contributed by atoms with E-state index in [1.54, 1.807) is 6.92 Å². The summed E-state index contributed by atoms with van der Waals surface area (Å²) in [4.78, 5) is 12.3. The first kappa shape index (κ1) is 14.5. The van der Waals surface area contributed by atoms with Crippen molar-refractivity contribution in [3.8, 4) is 0 Å². The highest BCUT2D eigenvalue weighted by Gasteiger charge is 2.53. The van der Waals surface area contributed by atoms with Crippen LogP contribution < -0.4 is 10.5 Å². The van der Waals surface area contributed by atoms with E-state index >= 15 is 0 Å². The third kappa shape index (κ3) is 2.96. The molecule has 0 aliphatic heterocycles. The molecule has 1 amide bonds. The summed E-state index contributed by atoms with van der Waals surface area (Å²) in [5.41, 5.74) is 1.48. The van der Waals surface area contributed by atoms with E-state index in [2.05, 4.69) is 5.32 Å². The Morgan fingerprint density at radius 1 is 1.38 bits per heavy atom. The fourth-order valence-corrected chi connectivity index (χ4v) is 3.60. The number of amides is 1. The van der Waals surface area contributed by atoms with Crippen LogP contribution in [0, 0.1) is 18.3 Å². The maximum atomic E-state index is 12.3. The summed E-state index contributed by atoms with van der Waals surface area (Å²) in [5, 5.41) is 8.09. The number of primary sulfonamides is 1. The third-order valence-electron chi connectivity index (χ3n) is 4.71. The molecular weight excluding hydrogens is 288 g/mol. The number of sulfonamides is 1. The molecule has 5 nitrogen and oxygen atoms in total. The van der Waals surface area contributed by atoms with Gasteiger partial charge in [0.2, 0.25) is 10.0 Å². The molecule has 3 N–H and O–H groups in total. The van der Waals surface area contributed by atoms with Crippen molar-refractivity contribution in [3.05, 3.63) is 29.3 Å². The van der Waals surface area contributed by atoms with Crippen molar-refractivity contribution in [3.63, 3.8) is 0 Å². The molecule has 2 aliphatic carbocycles. The van der Waals surface area contributed by atoms with Crippen LogP contribution in [0.2, 0.25) is 0 Å². The van der Waals surface area contributed by atoms with Gasteiger partial charge in [0.1, 0.15) is 0 Å². The average Bonchev–Trinajstić information content (AvgIpc) is 3.25. The van der Waals surface area contributed by atoms with Crippen LogP contribution in [0.25, 0.3) is 0 Å². The molecule has 0 unspecified atom stereocenters. The topological polar surface area (TPSA) is 89.3 Å². The Balaban J connectivity index is 1.70. The Labute approximate surface area is 125 Å². The van der Waals surface area contributed by atoms with Gasteiger partial charge < -0.3 is 5.32 Å². The maximum absolute atomic E-state index is 12.3. The van der Waals surface area contributed by atoms with Gasteiger partial charge in [-0.25, -0.2) is 13.6 Å². The molecule has 21 heavy (non-hydrogen) atoms. The molecule has 1 aromatic carbocycles. The molecule has 2 aliphatic rings. The van der Waals surface area contributed by atoms with E-state index in [1.165, 1.54) is 43.9 Å². The van der Waals surface area contributed by atoms with Crippen LogP contribution in [-0.2, 0) is 10.0 Å². The normalized spacial score (nSPS) is 20.1. The number of carbonyl (C=O) groups is 1. The molecular formula is C15H20N2O3S. The molecule has 0 heterocycles. The Bertz CT molecular complexity index is 689. The summed E-state index contributed by atoms with van der Waals surface area (Å²) < 4.78 is 22.6. The van der Waals surface area contributed by atoms with E-state index in [0.29, 0.717) is 16.5 Å². The summed E-state index contributed by atoms with van der Waals surface area (Å²) in [5.74, 6) is 0.657. The summed E-state index contributed by atoms with van der Waals surface area (Å²) in [6, 6.07) is 4.35. The predicted molar refractivity (Wildman–Crippen MR) is 79.3 cm³/mol. The zero-order valence-electron chi connectivity index (χ0n) is 12.1. The van der Waals surface area contributed by atoms with Crippen LogP contribution in [-0.4, -0.2) is 20.9 Å². The van der Waals surface area contributed by atoms with Gasteiger partial charge in [-0.1, -0.05) is 0 Å². The van der Waals surface area contributed by atoms with Gasteiger partial charge in [-0.3, -0.25) is 4.79 Å². The molecule has 6 heteroatoms. The molecule has 0 saturated heterocycles. The minimum atomic E-state index is -3.73. The fraction of sp³-hybridized carbons (Fsp3) is 0.533. The number of benzene rings is 1. The van der Waals surface area contributed by atoms with Crippen molar-refractivity contribution in [2.75, 3.05) is 6.54 Å². The summed E-state index contributed by atoms with van der Waals surface area (Å²) in [6.07, 6.45) is 5.00. The number of hydrogen-bond acceptors (Lipinski definition) is 3. The smallest absolute Gasteiger partial charge is 0.251 e. The van der Waals surface area contributed by atoms with Gasteiger partial charge >= 0.3 is 0 Å². The fourth-order valence-electron chi connectivity index (χ4n) is 3.01. The standard InChI is InChI=1S/C15H20N2O3S/c1-10-8-12(21(16,19)20)4-5-13(10)14(18)17-9-15(6-7-15)11-2-3-11/h4-5,8,11H,2-3,6-7,9H2,1H3,(H,17,18)(H2,16,19,20). The van der Waals surface area contributed by atoms with Crippen LogP contribution in [0.5, 0.6) is 0 Å². The second kappa shape index (κ2) is 4.81. The largest absolute Gasteiger partial charge is 0.351 e. The summed E-state index contributed by atoms with van der Waals surface area (Å²) in [7, 11) is -3.73. The minimum absolute atomic E-state index is 0.0354. The first-order chi connectivity index (χ1) is 9.82. The summed E-state index contributed by atoms with van der Waals surface area (Å²) >= 11 is 0. The molecule has 0 aromatic heterocycles. The molecule has 114 valence electrons. The van der Waals surface area contributed by atoms with Crippen LogP contribution >= 0.6 is 0 Å². The molecule has 0 radical (unpaired) electrons. The first-order valence-corrected chi connectivity index (χ1v) is 8.78. The number of hydrogen-bond donors (Lipinski definition) is 2. The van der Waals surface area contributed by atoms with E-state index in [4.69, 9.17) is 5.14 Å². The van der Waals surface area contributed by atoms with E-state index < -0.39 is 10.0 Å². The highest BCUT2D eigenvalue weighted by atomic mass is 32.2. The number of carbonyl (C=O) groups excluding carboxylic acids is 1. The monoisotopic (exact) mass is 308 g/mol. The van der Waals surface area contributed by atoms with Crippen LogP contribution in [0.4, 0.5) is 0 Å². The Morgan fingerprint density at radius 2 is 2.05 bits per heavy atom. The van der Waals surface area contributed by atoms with Crippen LogP contribution in [0.3, 0.4) is 0 Å². The number of nitrogens with two attached hydrogens (primary N) is 1. The van der Waals surface area contributed by atoms with Crippen molar-refractivity contribution in [1.29, 1.82) is 0 Å². The molecule has 2 saturated carbocycles. The maximum Gasteiger partial charge on any atom is 0.251 e. The van der Waals surface area contributed by atoms with Crippen molar-refractivity contribution < 1.29 is 13.2 Å². The van der Waals surface area contributed by atoms with Crippen molar-refractivity contribution >= 4 is 15.9 Å². The lowest BCUT2D eigenvalue weighted by molar-refractivity contribution is 0.0942. The molecule has 0 bridgehead atoms. The van der Waals surface area contributed by atoms with Gasteiger partial charge in [-0.2, -0.15) is 0 Å². The average molecular weight is 308 g/mol. The molecule has 3 rings (SSSR count). The van der Waals surface area contributed by atoms with Gasteiger partial charge in [0.25, 0.3) is 5.91 Å². The molecule has 0 atom stereocenters. The minimum Gasteiger partial charge on any atom is -0.351 e. The lowest BCUT2D eigenvalue weighted by Gasteiger charge is -2.15. The number of nitrogens with one attached hydrogen (secondary N) is 1. The van der Waals surface area contributed by atoms with Crippen molar-refractivity contribution in [2.45, 2.75) is 37.5 Å². The zero-order valence-corrected chi connectivity index (χ0v) is 12.9. The van der Waals surface area contributed by atoms with Crippen molar-refractivity contribution in [1.82, 2.24) is 5.32 Å². The van der Waals surface area contributed by atoms with Gasteiger partial charge in [0.15, 0.2) is 0 Å². The second-order valence-electron chi connectivity index (χ2n) is 6.34. The van der Waals surface area contributed by atoms with Gasteiger partial charge in [0.05, 0.1) is 4.90 Å². The molecule has 0 spiro atoms. The Kier molecular flexibility index (Phi) is 3.33. The van der Waals surface area contributed by atoms with Gasteiger partial charge in [-0.05, 0) is 67.7 Å². The Hall–Kier alpha value is -1.40. The summed E-state index contributed by atoms with van der Waals surface area (Å²) in [6.45, 7) is 2.45. The van der Waals surface area contributed by atoms with E-state index in [9.17, 15) is 13.2 Å². The second-order valence-corrected chi connectivity index (χ2v) is 7.90. The third-order valence-corrected chi connectivity index (χ3v) is 5.62. The SMILES string of the molecule is Cc1cc(S(N)(=O)=O)ccc1C(=O)NCC1(C2CC2)CC1. The van der Waals surface area contributed by atoms with E-state index in [-0.39, 0.29) is 10.8 Å². The van der Waals surface area contributed by atoms with E-state index in [0.717, 1.165) is 12.5 Å². The molecule has 2 fully saturated rings. The number of aryl methyl sites for hydroxylation is 1. The quantitative estimate of drug-likeness (QED) is 0.865. The lowest BCUT2D eigenvalue weighted by Crippen LogP contribution is -2.31. The van der Waals surface area contributed by atoms with Crippen LogP contribution in [0.1, 0.15) is 41.6 Å².